The van der Waals surface area contributed by atoms with Gasteiger partial charge in [-0.25, -0.2) is 0 Å². The number of halogens is 2. The third-order valence-electron chi connectivity index (χ3n) is 5.41. The summed E-state index contributed by atoms with van der Waals surface area (Å²) < 4.78 is 0. The highest BCUT2D eigenvalue weighted by Gasteiger charge is 2.37. The van der Waals surface area contributed by atoms with E-state index >= 15 is 0 Å². The Morgan fingerprint density at radius 2 is 1.65 bits per heavy atom. The number of amides is 1. The van der Waals surface area contributed by atoms with Crippen molar-refractivity contribution in [2.75, 3.05) is 26.2 Å². The maximum absolute atomic E-state index is 13.1. The highest BCUT2D eigenvalue weighted by molar-refractivity contribution is 6.30. The van der Waals surface area contributed by atoms with Crippen molar-refractivity contribution < 1.29 is 4.79 Å². The van der Waals surface area contributed by atoms with Crippen molar-refractivity contribution >= 4 is 29.9 Å². The van der Waals surface area contributed by atoms with Gasteiger partial charge in [0.25, 0.3) is 0 Å². The summed E-state index contributed by atoms with van der Waals surface area (Å²) in [7, 11) is 0. The predicted octanol–water partition coefficient (Wildman–Crippen LogP) is 3.50. The van der Waals surface area contributed by atoms with E-state index in [-0.39, 0.29) is 18.3 Å². The van der Waals surface area contributed by atoms with Gasteiger partial charge in [-0.1, -0.05) is 23.7 Å². The number of nitrogens with zero attached hydrogens (tertiary/aromatic N) is 1. The average molecular weight is 357 g/mol. The molecule has 128 valence electrons. The summed E-state index contributed by atoms with van der Waals surface area (Å²) >= 11 is 5.96. The Hall–Kier alpha value is -0.770. The van der Waals surface area contributed by atoms with E-state index in [1.54, 1.807) is 0 Å². The van der Waals surface area contributed by atoms with Gasteiger partial charge in [-0.3, -0.25) is 4.79 Å². The minimum Gasteiger partial charge on any atom is -0.342 e. The molecule has 0 bridgehead atoms. The fraction of sp³-hybridized carbons (Fsp3) is 0.611. The molecule has 2 saturated heterocycles. The standard InChI is InChI=1S/C18H25ClN2O.ClH/c1-18(2,15-3-5-16(19)6-4-15)17(22)21-9-7-13-11-20-12-14(13)8-10-21;/h3-6,13-14,20H,7-12H2,1-2H3;1H/t13-,14+;. The molecular formula is C18H26Cl2N2O. The normalized spacial score (nSPS) is 24.6. The van der Waals surface area contributed by atoms with Crippen LogP contribution in [0.5, 0.6) is 0 Å². The van der Waals surface area contributed by atoms with Crippen molar-refractivity contribution in [3.05, 3.63) is 34.9 Å². The molecule has 1 aromatic rings. The molecule has 1 aromatic carbocycles. The Morgan fingerprint density at radius 3 is 2.17 bits per heavy atom. The van der Waals surface area contributed by atoms with Gasteiger partial charge in [0.05, 0.1) is 5.41 Å². The molecule has 3 nitrogen and oxygen atoms in total. The summed E-state index contributed by atoms with van der Waals surface area (Å²) in [6, 6.07) is 7.67. The fourth-order valence-electron chi connectivity index (χ4n) is 3.81. The number of carbonyl (C=O) groups excluding carboxylic acids is 1. The van der Waals surface area contributed by atoms with Crippen LogP contribution in [-0.2, 0) is 10.2 Å². The molecule has 0 radical (unpaired) electrons. The van der Waals surface area contributed by atoms with Crippen LogP contribution in [0.25, 0.3) is 0 Å². The van der Waals surface area contributed by atoms with Crippen LogP contribution in [-0.4, -0.2) is 37.0 Å². The van der Waals surface area contributed by atoms with E-state index in [1.165, 1.54) is 0 Å². The summed E-state index contributed by atoms with van der Waals surface area (Å²) in [5.41, 5.74) is 0.537. The van der Waals surface area contributed by atoms with Crippen molar-refractivity contribution in [2.24, 2.45) is 11.8 Å². The topological polar surface area (TPSA) is 32.3 Å². The van der Waals surface area contributed by atoms with Gasteiger partial charge in [0.2, 0.25) is 5.91 Å². The van der Waals surface area contributed by atoms with Crippen molar-refractivity contribution in [2.45, 2.75) is 32.1 Å². The monoisotopic (exact) mass is 356 g/mol. The molecule has 0 aliphatic carbocycles. The largest absolute Gasteiger partial charge is 0.342 e. The molecule has 2 aliphatic heterocycles. The van der Waals surface area contributed by atoms with Crippen LogP contribution in [0.1, 0.15) is 32.3 Å². The van der Waals surface area contributed by atoms with Crippen molar-refractivity contribution in [3.8, 4) is 0 Å². The van der Waals surface area contributed by atoms with Crippen LogP contribution in [0.2, 0.25) is 5.02 Å². The molecule has 0 aromatic heterocycles. The van der Waals surface area contributed by atoms with Gasteiger partial charge < -0.3 is 10.2 Å². The Bertz CT molecular complexity index is 530. The summed E-state index contributed by atoms with van der Waals surface area (Å²) in [4.78, 5) is 15.1. The second kappa shape index (κ2) is 7.42. The fourth-order valence-corrected chi connectivity index (χ4v) is 3.93. The third-order valence-corrected chi connectivity index (χ3v) is 5.66. The van der Waals surface area contributed by atoms with Crippen LogP contribution in [0, 0.1) is 11.8 Å². The van der Waals surface area contributed by atoms with Gasteiger partial charge in [0.1, 0.15) is 0 Å². The first kappa shape index (κ1) is 18.6. The molecule has 0 unspecified atom stereocenters. The van der Waals surface area contributed by atoms with E-state index in [9.17, 15) is 4.79 Å². The summed E-state index contributed by atoms with van der Waals surface area (Å²) in [6.07, 6.45) is 2.25. The lowest BCUT2D eigenvalue weighted by molar-refractivity contribution is -0.136. The van der Waals surface area contributed by atoms with Crippen molar-refractivity contribution in [1.29, 1.82) is 0 Å². The Labute approximate surface area is 150 Å². The summed E-state index contributed by atoms with van der Waals surface area (Å²) in [5.74, 6) is 1.73. The number of carbonyl (C=O) groups is 1. The molecule has 1 amide bonds. The zero-order chi connectivity index (χ0) is 15.7. The Kier molecular flexibility index (Phi) is 5.99. The van der Waals surface area contributed by atoms with Gasteiger partial charge >= 0.3 is 0 Å². The van der Waals surface area contributed by atoms with E-state index in [0.29, 0.717) is 5.02 Å². The zero-order valence-electron chi connectivity index (χ0n) is 13.8. The maximum Gasteiger partial charge on any atom is 0.232 e. The van der Waals surface area contributed by atoms with Gasteiger partial charge in [-0.2, -0.15) is 0 Å². The zero-order valence-corrected chi connectivity index (χ0v) is 15.4. The molecule has 2 aliphatic rings. The lowest BCUT2D eigenvalue weighted by Crippen LogP contribution is -2.44. The van der Waals surface area contributed by atoms with E-state index < -0.39 is 5.41 Å². The summed E-state index contributed by atoms with van der Waals surface area (Å²) in [6.45, 7) is 8.05. The minimum absolute atomic E-state index is 0. The molecule has 2 atom stereocenters. The first-order valence-corrected chi connectivity index (χ1v) is 8.62. The number of hydrogen-bond acceptors (Lipinski definition) is 2. The lowest BCUT2D eigenvalue weighted by Gasteiger charge is -2.32. The minimum atomic E-state index is -0.498. The molecule has 0 spiro atoms. The first-order chi connectivity index (χ1) is 10.5. The second-order valence-electron chi connectivity index (χ2n) is 7.18. The van der Waals surface area contributed by atoms with E-state index in [2.05, 4.69) is 10.2 Å². The number of likely N-dealkylation sites (tertiary alicyclic amines) is 1. The number of benzene rings is 1. The third kappa shape index (κ3) is 3.84. The van der Waals surface area contributed by atoms with E-state index in [0.717, 1.165) is 56.4 Å². The first-order valence-electron chi connectivity index (χ1n) is 8.24. The second-order valence-corrected chi connectivity index (χ2v) is 7.62. The predicted molar refractivity (Wildman–Crippen MR) is 97.4 cm³/mol. The number of fused-ring (bicyclic) bond motifs is 1. The lowest BCUT2D eigenvalue weighted by atomic mass is 9.83. The average Bonchev–Trinajstić information content (AvgIpc) is 2.86. The maximum atomic E-state index is 13.1. The Balaban J connectivity index is 0.00000192. The van der Waals surface area contributed by atoms with E-state index in [1.807, 2.05) is 38.1 Å². The van der Waals surface area contributed by atoms with Gasteiger partial charge in [0.15, 0.2) is 0 Å². The highest BCUT2D eigenvalue weighted by atomic mass is 35.5. The van der Waals surface area contributed by atoms with Gasteiger partial charge in [-0.15, -0.1) is 12.4 Å². The van der Waals surface area contributed by atoms with Crippen molar-refractivity contribution in [1.82, 2.24) is 10.2 Å². The smallest absolute Gasteiger partial charge is 0.232 e. The molecule has 23 heavy (non-hydrogen) atoms. The van der Waals surface area contributed by atoms with Crippen LogP contribution < -0.4 is 5.32 Å². The van der Waals surface area contributed by atoms with Crippen LogP contribution >= 0.6 is 24.0 Å². The molecule has 2 heterocycles. The molecule has 1 N–H and O–H groups in total. The summed E-state index contributed by atoms with van der Waals surface area (Å²) in [5, 5.41) is 4.19. The van der Waals surface area contributed by atoms with Gasteiger partial charge in [-0.05, 0) is 69.3 Å². The number of hydrogen-bond donors (Lipinski definition) is 1. The van der Waals surface area contributed by atoms with Crippen LogP contribution in [0.15, 0.2) is 24.3 Å². The van der Waals surface area contributed by atoms with E-state index in [4.69, 9.17) is 11.6 Å². The number of nitrogens with one attached hydrogen (secondary N) is 1. The molecule has 3 rings (SSSR count). The van der Waals surface area contributed by atoms with Crippen LogP contribution in [0.3, 0.4) is 0 Å². The molecule has 5 heteroatoms. The quantitative estimate of drug-likeness (QED) is 0.879. The number of rotatable bonds is 2. The molecule has 2 fully saturated rings. The van der Waals surface area contributed by atoms with Crippen LogP contribution in [0.4, 0.5) is 0 Å². The SMILES string of the molecule is CC(C)(C(=O)N1CC[C@@H]2CNC[C@@H]2CC1)c1ccc(Cl)cc1.Cl. The van der Waals surface area contributed by atoms with Crippen molar-refractivity contribution in [3.63, 3.8) is 0 Å². The Morgan fingerprint density at radius 1 is 1.13 bits per heavy atom. The van der Waals surface area contributed by atoms with Gasteiger partial charge in [0, 0.05) is 18.1 Å². The molecular weight excluding hydrogens is 331 g/mol. The molecule has 0 saturated carbocycles. The highest BCUT2D eigenvalue weighted by Crippen LogP contribution is 2.31.